The quantitative estimate of drug-likeness (QED) is 0.342. The number of ketones is 1. The minimum Gasteiger partial charge on any atom is -0.497 e. The van der Waals surface area contributed by atoms with Crippen LogP contribution in [0, 0.1) is 40.4 Å². The van der Waals surface area contributed by atoms with E-state index in [2.05, 4.69) is 26.3 Å². The highest BCUT2D eigenvalue weighted by atomic mass is 16.7. The summed E-state index contributed by atoms with van der Waals surface area (Å²) in [6, 6.07) is 7.81. The van der Waals surface area contributed by atoms with Crippen molar-refractivity contribution in [3.8, 4) is 18.1 Å². The standard InChI is InChI=1S/C30H40O5/c1-7-27(4,21-33-20-23-9-11-24(32-6)12-10-23)19-25(31)28(5)22(3)13-14-29(8-2)15-16-30(26(28)29)34-17-18-35-30/h2,7,9-12,22,26H,1,13-21H2,3-6H3/t22-,26?,27-,28+,29+/m1/s1. The largest absolute Gasteiger partial charge is 0.497 e. The van der Waals surface area contributed by atoms with Gasteiger partial charge < -0.3 is 18.9 Å². The molecule has 0 bridgehead atoms. The predicted octanol–water partition coefficient (Wildman–Crippen LogP) is 5.57. The van der Waals surface area contributed by atoms with Gasteiger partial charge >= 0.3 is 0 Å². The van der Waals surface area contributed by atoms with Gasteiger partial charge in [0.15, 0.2) is 5.79 Å². The van der Waals surface area contributed by atoms with E-state index in [1.54, 1.807) is 7.11 Å². The smallest absolute Gasteiger partial charge is 0.173 e. The van der Waals surface area contributed by atoms with Crippen molar-refractivity contribution in [3.05, 3.63) is 42.5 Å². The molecule has 5 heteroatoms. The molecule has 1 aromatic carbocycles. The lowest BCUT2D eigenvalue weighted by molar-refractivity contribution is -0.232. The normalized spacial score (nSPS) is 33.0. The van der Waals surface area contributed by atoms with Gasteiger partial charge in [0.05, 0.1) is 33.5 Å². The van der Waals surface area contributed by atoms with Crippen LogP contribution in [0.4, 0.5) is 0 Å². The Morgan fingerprint density at radius 3 is 2.54 bits per heavy atom. The van der Waals surface area contributed by atoms with Crippen LogP contribution >= 0.6 is 0 Å². The lowest BCUT2D eigenvalue weighted by atomic mass is 9.49. The lowest BCUT2D eigenvalue weighted by Crippen LogP contribution is -2.59. The van der Waals surface area contributed by atoms with Crippen LogP contribution in [0.2, 0.25) is 0 Å². The molecule has 3 fully saturated rings. The Bertz CT molecular complexity index is 971. The lowest BCUT2D eigenvalue weighted by Gasteiger charge is -2.54. The maximum absolute atomic E-state index is 14.3. The third kappa shape index (κ3) is 4.46. The van der Waals surface area contributed by atoms with Crippen LogP contribution in [0.15, 0.2) is 36.9 Å². The van der Waals surface area contributed by atoms with Crippen LogP contribution in [-0.2, 0) is 25.6 Å². The summed E-state index contributed by atoms with van der Waals surface area (Å²) in [5, 5.41) is 0. The highest BCUT2D eigenvalue weighted by molar-refractivity contribution is 5.86. The number of rotatable bonds is 9. The molecule has 2 aliphatic carbocycles. The van der Waals surface area contributed by atoms with Gasteiger partial charge in [-0.1, -0.05) is 44.9 Å². The number of carbonyl (C=O) groups is 1. The molecule has 2 saturated carbocycles. The summed E-state index contributed by atoms with van der Waals surface area (Å²) in [4.78, 5) is 14.3. The topological polar surface area (TPSA) is 54.0 Å². The number of benzene rings is 1. The molecular weight excluding hydrogens is 440 g/mol. The van der Waals surface area contributed by atoms with E-state index in [4.69, 9.17) is 25.4 Å². The predicted molar refractivity (Wildman–Crippen MR) is 136 cm³/mol. The summed E-state index contributed by atoms with van der Waals surface area (Å²) in [6.07, 6.45) is 11.8. The highest BCUT2D eigenvalue weighted by Gasteiger charge is 2.70. The third-order valence-electron chi connectivity index (χ3n) is 9.14. The number of carbonyl (C=O) groups excluding carboxylic acids is 1. The molecule has 1 spiro atoms. The molecule has 5 atom stereocenters. The minimum absolute atomic E-state index is 0.152. The highest BCUT2D eigenvalue weighted by Crippen LogP contribution is 2.67. The number of Topliss-reactive ketones (excluding diaryl/α,β-unsaturated/α-hetero) is 1. The van der Waals surface area contributed by atoms with Crippen molar-refractivity contribution in [2.75, 3.05) is 26.9 Å². The minimum atomic E-state index is -0.749. The molecule has 1 aromatic rings. The number of hydrogen-bond acceptors (Lipinski definition) is 5. The molecule has 0 radical (unpaired) electrons. The maximum atomic E-state index is 14.3. The van der Waals surface area contributed by atoms with Gasteiger partial charge in [-0.3, -0.25) is 4.79 Å². The van der Waals surface area contributed by atoms with Gasteiger partial charge in [0.1, 0.15) is 11.5 Å². The summed E-state index contributed by atoms with van der Waals surface area (Å²) < 4.78 is 23.8. The van der Waals surface area contributed by atoms with E-state index >= 15 is 0 Å². The van der Waals surface area contributed by atoms with E-state index in [0.29, 0.717) is 32.8 Å². The van der Waals surface area contributed by atoms with Gasteiger partial charge in [-0.05, 0) is 42.9 Å². The molecular formula is C30H40O5. The number of hydrogen-bond donors (Lipinski definition) is 0. The Morgan fingerprint density at radius 1 is 1.26 bits per heavy atom. The van der Waals surface area contributed by atoms with Gasteiger partial charge in [-0.25, -0.2) is 0 Å². The second-order valence-electron chi connectivity index (χ2n) is 11.3. The molecule has 1 aliphatic heterocycles. The summed E-state index contributed by atoms with van der Waals surface area (Å²) >= 11 is 0. The van der Waals surface area contributed by atoms with Crippen LogP contribution < -0.4 is 4.74 Å². The first kappa shape index (κ1) is 25.9. The van der Waals surface area contributed by atoms with Crippen molar-refractivity contribution in [1.82, 2.24) is 0 Å². The first-order valence-electron chi connectivity index (χ1n) is 12.8. The Labute approximate surface area is 210 Å². The first-order chi connectivity index (χ1) is 16.7. The zero-order valence-electron chi connectivity index (χ0n) is 21.7. The zero-order chi connectivity index (χ0) is 25.3. The first-order valence-corrected chi connectivity index (χ1v) is 12.8. The van der Waals surface area contributed by atoms with Crippen LogP contribution in [0.5, 0.6) is 5.75 Å². The van der Waals surface area contributed by atoms with Crippen LogP contribution in [0.25, 0.3) is 0 Å². The van der Waals surface area contributed by atoms with Gasteiger partial charge in [-0.2, -0.15) is 0 Å². The van der Waals surface area contributed by atoms with Crippen molar-refractivity contribution in [2.45, 2.75) is 65.3 Å². The van der Waals surface area contributed by atoms with Crippen molar-refractivity contribution >= 4 is 5.78 Å². The zero-order valence-corrected chi connectivity index (χ0v) is 21.7. The van der Waals surface area contributed by atoms with E-state index in [1.807, 2.05) is 37.3 Å². The molecule has 0 N–H and O–H groups in total. The van der Waals surface area contributed by atoms with Crippen LogP contribution in [-0.4, -0.2) is 38.5 Å². The molecule has 1 saturated heterocycles. The monoisotopic (exact) mass is 480 g/mol. The molecule has 190 valence electrons. The van der Waals surface area contributed by atoms with Crippen molar-refractivity contribution in [2.24, 2.45) is 28.1 Å². The van der Waals surface area contributed by atoms with E-state index in [1.165, 1.54) is 0 Å². The van der Waals surface area contributed by atoms with E-state index < -0.39 is 16.6 Å². The molecule has 1 heterocycles. The van der Waals surface area contributed by atoms with E-state index in [0.717, 1.165) is 37.0 Å². The Balaban J connectivity index is 1.52. The van der Waals surface area contributed by atoms with Crippen LogP contribution in [0.3, 0.4) is 0 Å². The SMILES string of the molecule is C#C[C@@]12CC[C@@H](C)[C@@](C)(C(=O)C[C@@](C)(C=C)COCc3ccc(OC)cc3)C1C1(CC2)OCCO1. The molecule has 35 heavy (non-hydrogen) atoms. The number of fused-ring (bicyclic) bond motifs is 2. The van der Waals surface area contributed by atoms with E-state index in [-0.39, 0.29) is 23.0 Å². The average molecular weight is 481 g/mol. The summed E-state index contributed by atoms with van der Waals surface area (Å²) in [5.41, 5.74) is -0.452. The summed E-state index contributed by atoms with van der Waals surface area (Å²) in [6.45, 7) is 12.4. The third-order valence-corrected chi connectivity index (χ3v) is 9.14. The van der Waals surface area contributed by atoms with Crippen molar-refractivity contribution < 1.29 is 23.7 Å². The fourth-order valence-corrected chi connectivity index (χ4v) is 6.77. The summed E-state index contributed by atoms with van der Waals surface area (Å²) in [5.74, 6) is 3.42. The molecule has 4 rings (SSSR count). The molecule has 0 aromatic heterocycles. The van der Waals surface area contributed by atoms with Crippen molar-refractivity contribution in [1.29, 1.82) is 0 Å². The van der Waals surface area contributed by atoms with Gasteiger partial charge in [0.25, 0.3) is 0 Å². The summed E-state index contributed by atoms with van der Waals surface area (Å²) in [7, 11) is 1.65. The average Bonchev–Trinajstić information content (AvgIpc) is 3.48. The Hall–Kier alpha value is -2.13. The van der Waals surface area contributed by atoms with Gasteiger partial charge in [-0.15, -0.1) is 13.0 Å². The number of methoxy groups -OCH3 is 1. The van der Waals surface area contributed by atoms with Crippen molar-refractivity contribution in [3.63, 3.8) is 0 Å². The second kappa shape index (κ2) is 9.73. The molecule has 5 nitrogen and oxygen atoms in total. The van der Waals surface area contributed by atoms with Gasteiger partial charge in [0, 0.05) is 35.0 Å². The molecule has 1 unspecified atom stereocenters. The second-order valence-corrected chi connectivity index (χ2v) is 11.3. The fraction of sp³-hybridized carbons (Fsp3) is 0.633. The van der Waals surface area contributed by atoms with E-state index in [9.17, 15) is 4.79 Å². The Kier molecular flexibility index (Phi) is 7.21. The maximum Gasteiger partial charge on any atom is 0.173 e. The Morgan fingerprint density at radius 2 is 1.94 bits per heavy atom. The van der Waals surface area contributed by atoms with Gasteiger partial charge in [0.2, 0.25) is 0 Å². The fourth-order valence-electron chi connectivity index (χ4n) is 6.77. The number of terminal acetylenes is 1. The molecule has 0 amide bonds. The number of ether oxygens (including phenoxy) is 4. The molecule has 3 aliphatic rings. The van der Waals surface area contributed by atoms with Crippen LogP contribution in [0.1, 0.15) is 58.4 Å².